The number of hydrogen-bond donors (Lipinski definition) is 1. The quantitative estimate of drug-likeness (QED) is 0.816. The number of aliphatic hydroxyl groups is 1. The molecule has 1 aliphatic carbocycles. The maximum atomic E-state index is 11.8. The van der Waals surface area contributed by atoms with Crippen molar-refractivity contribution in [3.8, 4) is 0 Å². The van der Waals surface area contributed by atoms with Crippen molar-refractivity contribution in [3.05, 3.63) is 35.9 Å². The van der Waals surface area contributed by atoms with Gasteiger partial charge in [0.05, 0.1) is 12.0 Å². The van der Waals surface area contributed by atoms with E-state index in [0.29, 0.717) is 19.4 Å². The van der Waals surface area contributed by atoms with Gasteiger partial charge in [0.15, 0.2) is 0 Å². The van der Waals surface area contributed by atoms with Gasteiger partial charge in [-0.05, 0) is 31.2 Å². The number of carbonyl (C=O) groups is 1. The van der Waals surface area contributed by atoms with Gasteiger partial charge >= 0.3 is 5.97 Å². The van der Waals surface area contributed by atoms with Crippen molar-refractivity contribution >= 4 is 5.97 Å². The minimum Gasteiger partial charge on any atom is -0.461 e. The molecule has 3 nitrogen and oxygen atoms in total. The van der Waals surface area contributed by atoms with E-state index in [-0.39, 0.29) is 18.0 Å². The first-order chi connectivity index (χ1) is 8.25. The molecule has 0 bridgehead atoms. The van der Waals surface area contributed by atoms with E-state index in [4.69, 9.17) is 4.74 Å². The topological polar surface area (TPSA) is 46.5 Å². The first-order valence-electron chi connectivity index (χ1n) is 6.14. The lowest BCUT2D eigenvalue weighted by molar-refractivity contribution is -0.151. The zero-order valence-electron chi connectivity index (χ0n) is 9.84. The Hall–Kier alpha value is -1.35. The third kappa shape index (κ3) is 3.56. The first-order valence-corrected chi connectivity index (χ1v) is 6.14. The van der Waals surface area contributed by atoms with Crippen molar-refractivity contribution in [2.24, 2.45) is 5.92 Å². The number of carbonyl (C=O) groups excluding carboxylic acids is 1. The average molecular weight is 234 g/mol. The molecule has 0 heterocycles. The third-order valence-corrected chi connectivity index (χ3v) is 3.25. The molecule has 0 atom stereocenters. The van der Waals surface area contributed by atoms with Crippen LogP contribution in [0.1, 0.15) is 31.2 Å². The van der Waals surface area contributed by atoms with Crippen LogP contribution >= 0.6 is 0 Å². The molecule has 0 amide bonds. The highest BCUT2D eigenvalue weighted by Crippen LogP contribution is 2.25. The molecule has 0 aliphatic heterocycles. The molecular weight excluding hydrogens is 216 g/mol. The summed E-state index contributed by atoms with van der Waals surface area (Å²) in [7, 11) is 0. The maximum absolute atomic E-state index is 11.8. The molecule has 1 aromatic rings. The van der Waals surface area contributed by atoms with E-state index in [0.717, 1.165) is 18.4 Å². The fourth-order valence-electron chi connectivity index (χ4n) is 2.16. The van der Waals surface area contributed by atoms with Gasteiger partial charge in [-0.1, -0.05) is 30.3 Å². The normalized spacial score (nSPS) is 24.3. The Labute approximate surface area is 101 Å². The van der Waals surface area contributed by atoms with Crippen LogP contribution in [0.25, 0.3) is 0 Å². The summed E-state index contributed by atoms with van der Waals surface area (Å²) in [6.07, 6.45) is 2.69. The van der Waals surface area contributed by atoms with Crippen LogP contribution in [0.2, 0.25) is 0 Å². The summed E-state index contributed by atoms with van der Waals surface area (Å²) < 4.78 is 5.28. The van der Waals surface area contributed by atoms with Gasteiger partial charge in [0.1, 0.15) is 6.61 Å². The molecule has 17 heavy (non-hydrogen) atoms. The molecule has 0 radical (unpaired) electrons. The van der Waals surface area contributed by atoms with Crippen LogP contribution in [0, 0.1) is 5.92 Å². The molecule has 1 aromatic carbocycles. The number of benzene rings is 1. The molecule has 1 saturated carbocycles. The van der Waals surface area contributed by atoms with E-state index in [1.165, 1.54) is 0 Å². The Kier molecular flexibility index (Phi) is 4.15. The fourth-order valence-corrected chi connectivity index (χ4v) is 2.16. The zero-order valence-corrected chi connectivity index (χ0v) is 9.84. The van der Waals surface area contributed by atoms with E-state index in [2.05, 4.69) is 0 Å². The van der Waals surface area contributed by atoms with Crippen molar-refractivity contribution in [1.82, 2.24) is 0 Å². The minimum absolute atomic E-state index is 0.0258. The molecule has 0 saturated heterocycles. The van der Waals surface area contributed by atoms with Crippen LogP contribution in [0.4, 0.5) is 0 Å². The van der Waals surface area contributed by atoms with Crippen LogP contribution in [-0.2, 0) is 16.1 Å². The van der Waals surface area contributed by atoms with Gasteiger partial charge in [0.25, 0.3) is 0 Å². The molecule has 1 aliphatic rings. The molecule has 0 aromatic heterocycles. The van der Waals surface area contributed by atoms with E-state index < -0.39 is 0 Å². The number of rotatable bonds is 3. The van der Waals surface area contributed by atoms with E-state index in [1.54, 1.807) is 0 Å². The van der Waals surface area contributed by atoms with Gasteiger partial charge in [0, 0.05) is 0 Å². The average Bonchev–Trinajstić information content (AvgIpc) is 2.38. The molecule has 2 rings (SSSR count). The summed E-state index contributed by atoms with van der Waals surface area (Å²) in [6, 6.07) is 9.68. The van der Waals surface area contributed by atoms with Gasteiger partial charge in [-0.15, -0.1) is 0 Å². The zero-order chi connectivity index (χ0) is 12.1. The second kappa shape index (κ2) is 5.82. The van der Waals surface area contributed by atoms with Gasteiger partial charge in [-0.3, -0.25) is 4.79 Å². The van der Waals surface area contributed by atoms with Crippen LogP contribution in [0.5, 0.6) is 0 Å². The highest BCUT2D eigenvalue weighted by Gasteiger charge is 2.26. The standard InChI is InChI=1S/C14H18O3/c15-13-8-6-12(7-9-13)14(16)17-10-11-4-2-1-3-5-11/h1-5,12-13,15H,6-10H2/t12-,13-. The Balaban J connectivity index is 1.78. The van der Waals surface area contributed by atoms with Crippen molar-refractivity contribution in [2.45, 2.75) is 38.4 Å². The number of aliphatic hydroxyl groups excluding tert-OH is 1. The molecule has 0 unspecified atom stereocenters. The predicted molar refractivity (Wildman–Crippen MR) is 64.2 cm³/mol. The van der Waals surface area contributed by atoms with Crippen molar-refractivity contribution in [1.29, 1.82) is 0 Å². The van der Waals surface area contributed by atoms with Gasteiger partial charge in [-0.2, -0.15) is 0 Å². The second-order valence-corrected chi connectivity index (χ2v) is 4.60. The lowest BCUT2D eigenvalue weighted by atomic mass is 9.87. The minimum atomic E-state index is -0.229. The smallest absolute Gasteiger partial charge is 0.309 e. The van der Waals surface area contributed by atoms with Crippen molar-refractivity contribution in [2.75, 3.05) is 0 Å². The lowest BCUT2D eigenvalue weighted by Gasteiger charge is -2.23. The Morgan fingerprint density at radius 2 is 1.82 bits per heavy atom. The summed E-state index contributed by atoms with van der Waals surface area (Å²) in [6.45, 7) is 0.346. The Morgan fingerprint density at radius 1 is 1.18 bits per heavy atom. The molecule has 3 heteroatoms. The molecule has 1 N–H and O–H groups in total. The summed E-state index contributed by atoms with van der Waals surface area (Å²) in [5, 5.41) is 9.36. The van der Waals surface area contributed by atoms with Crippen molar-refractivity contribution < 1.29 is 14.6 Å². The number of ether oxygens (including phenoxy) is 1. The second-order valence-electron chi connectivity index (χ2n) is 4.60. The van der Waals surface area contributed by atoms with E-state index in [1.807, 2.05) is 30.3 Å². The SMILES string of the molecule is O=C(OCc1ccccc1)[C@H]1CC[C@H](O)CC1. The monoisotopic (exact) mass is 234 g/mol. The summed E-state index contributed by atoms with van der Waals surface area (Å²) in [5.41, 5.74) is 1.01. The molecule has 0 spiro atoms. The third-order valence-electron chi connectivity index (χ3n) is 3.25. The fraction of sp³-hybridized carbons (Fsp3) is 0.500. The van der Waals surface area contributed by atoms with Crippen LogP contribution in [0.15, 0.2) is 30.3 Å². The van der Waals surface area contributed by atoms with Gasteiger partial charge < -0.3 is 9.84 Å². The van der Waals surface area contributed by atoms with Crippen molar-refractivity contribution in [3.63, 3.8) is 0 Å². The van der Waals surface area contributed by atoms with Crippen LogP contribution in [0.3, 0.4) is 0 Å². The van der Waals surface area contributed by atoms with E-state index >= 15 is 0 Å². The lowest BCUT2D eigenvalue weighted by Crippen LogP contribution is -2.25. The number of esters is 1. The highest BCUT2D eigenvalue weighted by molar-refractivity contribution is 5.72. The summed E-state index contributed by atoms with van der Waals surface area (Å²) in [4.78, 5) is 11.8. The predicted octanol–water partition coefficient (Wildman–Crippen LogP) is 2.28. The largest absolute Gasteiger partial charge is 0.461 e. The van der Waals surface area contributed by atoms with Crippen LogP contribution in [-0.4, -0.2) is 17.2 Å². The summed E-state index contributed by atoms with van der Waals surface area (Å²) >= 11 is 0. The first kappa shape index (κ1) is 12.1. The Bertz CT molecular complexity index is 353. The Morgan fingerprint density at radius 3 is 2.47 bits per heavy atom. The van der Waals surface area contributed by atoms with Crippen LogP contribution < -0.4 is 0 Å². The molecule has 1 fully saturated rings. The molecule has 92 valence electrons. The number of hydrogen-bond acceptors (Lipinski definition) is 3. The maximum Gasteiger partial charge on any atom is 0.309 e. The van der Waals surface area contributed by atoms with E-state index in [9.17, 15) is 9.90 Å². The van der Waals surface area contributed by atoms with Gasteiger partial charge in [-0.25, -0.2) is 0 Å². The summed E-state index contributed by atoms with van der Waals surface area (Å²) in [5.74, 6) is -0.150. The molecular formula is C14H18O3. The van der Waals surface area contributed by atoms with Gasteiger partial charge in [0.2, 0.25) is 0 Å². The highest BCUT2D eigenvalue weighted by atomic mass is 16.5.